The molecule has 4 aliphatic carbocycles. The van der Waals surface area contributed by atoms with Crippen LogP contribution >= 0.6 is 0 Å². The molecule has 0 radical (unpaired) electrons. The Morgan fingerprint density at radius 3 is 2.05 bits per heavy atom. The van der Waals surface area contributed by atoms with Gasteiger partial charge < -0.3 is 11.1 Å². The Balaban J connectivity index is 1.64. The van der Waals surface area contributed by atoms with E-state index in [-0.39, 0.29) is 17.5 Å². The van der Waals surface area contributed by atoms with Gasteiger partial charge in [-0.05, 0) is 68.6 Å². The fraction of sp³-hybridized carbons (Fsp3) is 0.938. The minimum Gasteiger partial charge on any atom is -0.349 e. The van der Waals surface area contributed by atoms with Crippen molar-refractivity contribution in [2.45, 2.75) is 70.4 Å². The maximum atomic E-state index is 12.3. The van der Waals surface area contributed by atoms with E-state index >= 15 is 0 Å². The maximum Gasteiger partial charge on any atom is 0.237 e. The fourth-order valence-corrected chi connectivity index (χ4v) is 5.23. The number of nitrogens with one attached hydrogen (secondary N) is 1. The van der Waals surface area contributed by atoms with Crippen LogP contribution < -0.4 is 11.1 Å². The molecule has 4 saturated carbocycles. The zero-order valence-electron chi connectivity index (χ0n) is 12.3. The third kappa shape index (κ3) is 2.67. The molecule has 3 heteroatoms. The van der Waals surface area contributed by atoms with Crippen LogP contribution in [-0.2, 0) is 4.79 Å². The van der Waals surface area contributed by atoms with E-state index in [1.54, 1.807) is 0 Å². The van der Waals surface area contributed by atoms with Gasteiger partial charge in [0.2, 0.25) is 5.91 Å². The average Bonchev–Trinajstić information content (AvgIpc) is 2.24. The SMILES string of the molecule is CC(C)C[C@H](N)C(=O)NC12CC3CC(CC(C3)C1)C2. The molecule has 0 spiro atoms. The number of carbonyl (C=O) groups is 1. The van der Waals surface area contributed by atoms with Crippen molar-refractivity contribution in [3.63, 3.8) is 0 Å². The predicted octanol–water partition coefficient (Wildman–Crippen LogP) is 2.44. The van der Waals surface area contributed by atoms with Crippen LogP contribution in [0, 0.1) is 23.7 Å². The molecule has 0 heterocycles. The Morgan fingerprint density at radius 2 is 1.63 bits per heavy atom. The first-order valence-corrected chi connectivity index (χ1v) is 8.03. The van der Waals surface area contributed by atoms with Crippen molar-refractivity contribution in [2.24, 2.45) is 29.4 Å². The second kappa shape index (κ2) is 4.76. The number of carbonyl (C=O) groups excluding carboxylic acids is 1. The molecule has 0 unspecified atom stereocenters. The minimum atomic E-state index is -0.326. The van der Waals surface area contributed by atoms with Gasteiger partial charge in [0.05, 0.1) is 6.04 Å². The number of nitrogens with two attached hydrogens (primary N) is 1. The summed E-state index contributed by atoms with van der Waals surface area (Å²) in [6.45, 7) is 4.25. The summed E-state index contributed by atoms with van der Waals surface area (Å²) in [6, 6.07) is -0.326. The van der Waals surface area contributed by atoms with Gasteiger partial charge in [-0.25, -0.2) is 0 Å². The third-order valence-electron chi connectivity index (χ3n) is 5.49. The fourth-order valence-electron chi connectivity index (χ4n) is 5.23. The van der Waals surface area contributed by atoms with Gasteiger partial charge in [-0.2, -0.15) is 0 Å². The first-order valence-electron chi connectivity index (χ1n) is 8.03. The first kappa shape index (κ1) is 13.4. The normalized spacial score (nSPS) is 41.6. The standard InChI is InChI=1S/C16H28N2O/c1-10(2)3-14(17)15(19)18-16-7-11-4-12(8-16)6-13(5-11)9-16/h10-14H,3-9,17H2,1-2H3,(H,18,19)/t11?,12?,13?,14-,16?/m0/s1. The van der Waals surface area contributed by atoms with Crippen molar-refractivity contribution < 1.29 is 4.79 Å². The van der Waals surface area contributed by atoms with Crippen LogP contribution in [0.4, 0.5) is 0 Å². The molecule has 19 heavy (non-hydrogen) atoms. The van der Waals surface area contributed by atoms with Gasteiger partial charge in [0.15, 0.2) is 0 Å². The second-order valence-electron chi connectivity index (χ2n) is 7.92. The second-order valence-corrected chi connectivity index (χ2v) is 7.92. The molecule has 3 nitrogen and oxygen atoms in total. The number of amides is 1. The molecular formula is C16H28N2O. The molecule has 0 aromatic carbocycles. The van der Waals surface area contributed by atoms with Crippen molar-refractivity contribution in [1.82, 2.24) is 5.32 Å². The summed E-state index contributed by atoms with van der Waals surface area (Å²) in [6.07, 6.45) is 8.64. The summed E-state index contributed by atoms with van der Waals surface area (Å²) in [5.74, 6) is 3.18. The Morgan fingerprint density at radius 1 is 1.16 bits per heavy atom. The summed E-state index contributed by atoms with van der Waals surface area (Å²) < 4.78 is 0. The molecule has 3 N–H and O–H groups in total. The van der Waals surface area contributed by atoms with E-state index in [4.69, 9.17) is 5.73 Å². The van der Waals surface area contributed by atoms with Crippen LogP contribution in [0.5, 0.6) is 0 Å². The van der Waals surface area contributed by atoms with Gasteiger partial charge in [0.1, 0.15) is 0 Å². The summed E-state index contributed by atoms with van der Waals surface area (Å²) in [5, 5.41) is 3.37. The third-order valence-corrected chi connectivity index (χ3v) is 5.49. The lowest BCUT2D eigenvalue weighted by atomic mass is 9.53. The highest BCUT2D eigenvalue weighted by Gasteiger charge is 2.51. The molecular weight excluding hydrogens is 236 g/mol. The highest BCUT2D eigenvalue weighted by Crippen LogP contribution is 2.55. The number of hydrogen-bond acceptors (Lipinski definition) is 2. The van der Waals surface area contributed by atoms with Gasteiger partial charge in [-0.3, -0.25) is 4.79 Å². The zero-order valence-corrected chi connectivity index (χ0v) is 12.3. The van der Waals surface area contributed by atoms with E-state index in [0.29, 0.717) is 5.92 Å². The quantitative estimate of drug-likeness (QED) is 0.819. The van der Waals surface area contributed by atoms with Gasteiger partial charge in [-0.15, -0.1) is 0 Å². The van der Waals surface area contributed by atoms with E-state index in [2.05, 4.69) is 19.2 Å². The molecule has 0 saturated heterocycles. The molecule has 4 aliphatic rings. The molecule has 4 rings (SSSR count). The van der Waals surface area contributed by atoms with Gasteiger partial charge in [0.25, 0.3) is 0 Å². The summed E-state index contributed by atoms with van der Waals surface area (Å²) in [4.78, 5) is 12.3. The highest BCUT2D eigenvalue weighted by molar-refractivity contribution is 5.82. The molecule has 0 aromatic heterocycles. The van der Waals surface area contributed by atoms with Crippen LogP contribution in [0.15, 0.2) is 0 Å². The molecule has 0 aliphatic heterocycles. The summed E-state index contributed by atoms with van der Waals surface area (Å²) >= 11 is 0. The first-order chi connectivity index (χ1) is 8.96. The summed E-state index contributed by atoms with van der Waals surface area (Å²) in [5.41, 5.74) is 6.15. The van der Waals surface area contributed by atoms with Crippen molar-refractivity contribution >= 4 is 5.91 Å². The highest BCUT2D eigenvalue weighted by atomic mass is 16.2. The Kier molecular flexibility index (Phi) is 3.36. The molecule has 4 fully saturated rings. The van der Waals surface area contributed by atoms with Gasteiger partial charge in [-0.1, -0.05) is 13.8 Å². The molecule has 1 atom stereocenters. The van der Waals surface area contributed by atoms with E-state index < -0.39 is 0 Å². The van der Waals surface area contributed by atoms with Gasteiger partial charge in [0, 0.05) is 5.54 Å². The number of hydrogen-bond donors (Lipinski definition) is 2. The largest absolute Gasteiger partial charge is 0.349 e. The van der Waals surface area contributed by atoms with Gasteiger partial charge >= 0.3 is 0 Å². The monoisotopic (exact) mass is 264 g/mol. The molecule has 4 bridgehead atoms. The Hall–Kier alpha value is -0.570. The van der Waals surface area contributed by atoms with E-state index in [9.17, 15) is 4.79 Å². The van der Waals surface area contributed by atoms with Crippen LogP contribution in [0.2, 0.25) is 0 Å². The molecule has 1 amide bonds. The van der Waals surface area contributed by atoms with Crippen LogP contribution in [-0.4, -0.2) is 17.5 Å². The summed E-state index contributed by atoms with van der Waals surface area (Å²) in [7, 11) is 0. The zero-order chi connectivity index (χ0) is 13.6. The lowest BCUT2D eigenvalue weighted by molar-refractivity contribution is -0.128. The minimum absolute atomic E-state index is 0.0932. The Bertz CT molecular complexity index is 328. The lowest BCUT2D eigenvalue weighted by Gasteiger charge is -2.57. The van der Waals surface area contributed by atoms with Crippen LogP contribution in [0.1, 0.15) is 58.8 Å². The lowest BCUT2D eigenvalue weighted by Crippen LogP contribution is -2.62. The van der Waals surface area contributed by atoms with Crippen molar-refractivity contribution in [1.29, 1.82) is 0 Å². The van der Waals surface area contributed by atoms with Crippen molar-refractivity contribution in [3.05, 3.63) is 0 Å². The number of rotatable bonds is 4. The Labute approximate surface area is 116 Å². The molecule has 0 aromatic rings. The van der Waals surface area contributed by atoms with E-state index in [1.807, 2.05) is 0 Å². The van der Waals surface area contributed by atoms with E-state index in [1.165, 1.54) is 38.5 Å². The topological polar surface area (TPSA) is 55.1 Å². The van der Waals surface area contributed by atoms with Crippen LogP contribution in [0.3, 0.4) is 0 Å². The maximum absolute atomic E-state index is 12.3. The smallest absolute Gasteiger partial charge is 0.237 e. The van der Waals surface area contributed by atoms with Crippen molar-refractivity contribution in [3.8, 4) is 0 Å². The van der Waals surface area contributed by atoms with Crippen molar-refractivity contribution in [2.75, 3.05) is 0 Å². The average molecular weight is 264 g/mol. The van der Waals surface area contributed by atoms with E-state index in [0.717, 1.165) is 24.2 Å². The predicted molar refractivity (Wildman–Crippen MR) is 76.5 cm³/mol. The van der Waals surface area contributed by atoms with Crippen LogP contribution in [0.25, 0.3) is 0 Å². The molecule has 108 valence electrons.